The molecule has 0 bridgehead atoms. The van der Waals surface area contributed by atoms with Crippen LogP contribution in [0.4, 0.5) is 11.4 Å². The summed E-state index contributed by atoms with van der Waals surface area (Å²) in [6, 6.07) is 9.69. The third-order valence-corrected chi connectivity index (χ3v) is 3.85. The topological polar surface area (TPSA) is 45.2 Å². The summed E-state index contributed by atoms with van der Waals surface area (Å²) in [5.74, 6) is -0.113. The molecule has 1 N–H and O–H groups in total. The number of benzene rings is 1. The second kappa shape index (κ2) is 5.95. The number of nitrogens with zero attached hydrogens (tertiary/aromatic N) is 2. The molecule has 1 aromatic heterocycles. The normalized spacial score (nSPS) is 14.2. The molecule has 0 atom stereocenters. The zero-order chi connectivity index (χ0) is 14.7. The molecule has 1 aliphatic rings. The van der Waals surface area contributed by atoms with E-state index in [2.05, 4.69) is 15.2 Å². The summed E-state index contributed by atoms with van der Waals surface area (Å²) < 4.78 is 0. The second-order valence-corrected chi connectivity index (χ2v) is 5.40. The predicted molar refractivity (Wildman–Crippen MR) is 84.8 cm³/mol. The Bertz CT molecular complexity index is 648. The molecule has 3 rings (SSSR count). The highest BCUT2D eigenvalue weighted by atomic mass is 16.1. The third-order valence-electron chi connectivity index (χ3n) is 3.85. The fourth-order valence-electron chi connectivity index (χ4n) is 2.61. The smallest absolute Gasteiger partial charge is 0.257 e. The van der Waals surface area contributed by atoms with Gasteiger partial charge in [-0.15, -0.1) is 0 Å². The fraction of sp³-hybridized carbons (Fsp3) is 0.294. The van der Waals surface area contributed by atoms with Crippen LogP contribution >= 0.6 is 0 Å². The Kier molecular flexibility index (Phi) is 3.86. The van der Waals surface area contributed by atoms with Crippen molar-refractivity contribution in [3.63, 3.8) is 0 Å². The van der Waals surface area contributed by atoms with Gasteiger partial charge in [-0.2, -0.15) is 0 Å². The summed E-state index contributed by atoms with van der Waals surface area (Å²) in [5, 5.41) is 2.95. The highest BCUT2D eigenvalue weighted by molar-refractivity contribution is 6.04. The molecule has 1 saturated heterocycles. The molecule has 1 fully saturated rings. The highest BCUT2D eigenvalue weighted by Crippen LogP contribution is 2.21. The molecule has 4 nitrogen and oxygen atoms in total. The second-order valence-electron chi connectivity index (χ2n) is 5.40. The van der Waals surface area contributed by atoms with Gasteiger partial charge in [0.05, 0.1) is 17.4 Å². The minimum Gasteiger partial charge on any atom is -0.370 e. The number of hydrogen-bond acceptors (Lipinski definition) is 3. The first kappa shape index (κ1) is 13.6. The number of amides is 1. The van der Waals surface area contributed by atoms with E-state index >= 15 is 0 Å². The van der Waals surface area contributed by atoms with Gasteiger partial charge in [-0.05, 0) is 37.5 Å². The van der Waals surface area contributed by atoms with Crippen LogP contribution < -0.4 is 10.2 Å². The van der Waals surface area contributed by atoms with Gasteiger partial charge in [0, 0.05) is 25.0 Å². The number of para-hydroxylation sites is 1. The van der Waals surface area contributed by atoms with Crippen molar-refractivity contribution in [1.82, 2.24) is 4.98 Å². The molecule has 2 heterocycles. The maximum absolute atomic E-state index is 12.4. The number of nitrogens with one attached hydrogen (secondary N) is 1. The van der Waals surface area contributed by atoms with E-state index in [1.165, 1.54) is 12.8 Å². The molecule has 0 saturated carbocycles. The summed E-state index contributed by atoms with van der Waals surface area (Å²) in [6.07, 6.45) is 5.86. The highest BCUT2D eigenvalue weighted by Gasteiger charge is 2.15. The van der Waals surface area contributed by atoms with Gasteiger partial charge < -0.3 is 10.2 Å². The van der Waals surface area contributed by atoms with E-state index in [1.807, 2.05) is 43.5 Å². The Morgan fingerprint density at radius 1 is 1.19 bits per heavy atom. The Balaban J connectivity index is 1.78. The molecule has 108 valence electrons. The van der Waals surface area contributed by atoms with E-state index in [1.54, 1.807) is 6.20 Å². The van der Waals surface area contributed by atoms with Gasteiger partial charge in [-0.1, -0.05) is 18.2 Å². The number of pyridine rings is 1. The zero-order valence-corrected chi connectivity index (χ0v) is 12.2. The van der Waals surface area contributed by atoms with Gasteiger partial charge in [-0.3, -0.25) is 9.78 Å². The summed E-state index contributed by atoms with van der Waals surface area (Å²) in [7, 11) is 0. The van der Waals surface area contributed by atoms with E-state index in [0.717, 1.165) is 30.0 Å². The molecule has 0 radical (unpaired) electrons. The number of carbonyl (C=O) groups excluding carboxylic acids is 1. The monoisotopic (exact) mass is 281 g/mol. The number of anilines is 2. The lowest BCUT2D eigenvalue weighted by Gasteiger charge is -2.17. The first-order valence-corrected chi connectivity index (χ1v) is 7.31. The molecule has 1 aromatic carbocycles. The van der Waals surface area contributed by atoms with Crippen molar-refractivity contribution in [2.45, 2.75) is 19.8 Å². The minimum absolute atomic E-state index is 0.113. The van der Waals surface area contributed by atoms with Crippen molar-refractivity contribution in [2.24, 2.45) is 0 Å². The van der Waals surface area contributed by atoms with Gasteiger partial charge in [0.15, 0.2) is 0 Å². The van der Waals surface area contributed by atoms with Crippen molar-refractivity contribution in [3.05, 3.63) is 53.9 Å². The Hall–Kier alpha value is -2.36. The molecule has 4 heteroatoms. The number of aromatic nitrogens is 1. The molecule has 0 aliphatic carbocycles. The maximum atomic E-state index is 12.4. The van der Waals surface area contributed by atoms with Gasteiger partial charge in [0.2, 0.25) is 0 Å². The quantitative estimate of drug-likeness (QED) is 0.939. The summed E-state index contributed by atoms with van der Waals surface area (Å²) in [6.45, 7) is 4.07. The van der Waals surface area contributed by atoms with Crippen LogP contribution in [0.3, 0.4) is 0 Å². The van der Waals surface area contributed by atoms with Crippen LogP contribution in [0.15, 0.2) is 42.7 Å². The predicted octanol–water partition coefficient (Wildman–Crippen LogP) is 3.24. The van der Waals surface area contributed by atoms with Crippen LogP contribution in [-0.4, -0.2) is 24.0 Å². The number of carbonyl (C=O) groups is 1. The van der Waals surface area contributed by atoms with Crippen molar-refractivity contribution < 1.29 is 4.79 Å². The molecule has 0 unspecified atom stereocenters. The molecular weight excluding hydrogens is 262 g/mol. The van der Waals surface area contributed by atoms with Crippen LogP contribution in [0.1, 0.15) is 28.8 Å². The lowest BCUT2D eigenvalue weighted by molar-refractivity contribution is 0.102. The SMILES string of the molecule is Cc1ccccc1NC(=O)c1cncc(N2CCCC2)c1. The van der Waals surface area contributed by atoms with Gasteiger partial charge >= 0.3 is 0 Å². The van der Waals surface area contributed by atoms with Crippen LogP contribution in [0.5, 0.6) is 0 Å². The molecular formula is C17H19N3O. The molecule has 2 aromatic rings. The molecule has 0 spiro atoms. The van der Waals surface area contributed by atoms with E-state index in [0.29, 0.717) is 5.56 Å². The van der Waals surface area contributed by atoms with E-state index < -0.39 is 0 Å². The van der Waals surface area contributed by atoms with Crippen LogP contribution in [0.25, 0.3) is 0 Å². The maximum Gasteiger partial charge on any atom is 0.257 e. The third kappa shape index (κ3) is 3.05. The van der Waals surface area contributed by atoms with Crippen molar-refractivity contribution in [3.8, 4) is 0 Å². The first-order chi connectivity index (χ1) is 10.2. The Morgan fingerprint density at radius 3 is 2.71 bits per heavy atom. The van der Waals surface area contributed by atoms with Crippen LogP contribution in [0, 0.1) is 6.92 Å². The fourth-order valence-corrected chi connectivity index (χ4v) is 2.61. The largest absolute Gasteiger partial charge is 0.370 e. The molecule has 1 amide bonds. The number of aryl methyl sites for hydroxylation is 1. The Labute approximate surface area is 124 Å². The van der Waals surface area contributed by atoms with Crippen LogP contribution in [0.2, 0.25) is 0 Å². The average molecular weight is 281 g/mol. The number of hydrogen-bond donors (Lipinski definition) is 1. The van der Waals surface area contributed by atoms with E-state index in [4.69, 9.17) is 0 Å². The standard InChI is InChI=1S/C17H19N3O/c1-13-6-2-3-7-16(13)19-17(21)14-10-15(12-18-11-14)20-8-4-5-9-20/h2-3,6-7,10-12H,4-5,8-9H2,1H3,(H,19,21). The lowest BCUT2D eigenvalue weighted by atomic mass is 10.2. The number of rotatable bonds is 3. The van der Waals surface area contributed by atoms with E-state index in [9.17, 15) is 4.79 Å². The lowest BCUT2D eigenvalue weighted by Crippen LogP contribution is -2.19. The van der Waals surface area contributed by atoms with Crippen molar-refractivity contribution >= 4 is 17.3 Å². The van der Waals surface area contributed by atoms with Crippen molar-refractivity contribution in [2.75, 3.05) is 23.3 Å². The van der Waals surface area contributed by atoms with Crippen molar-refractivity contribution in [1.29, 1.82) is 0 Å². The summed E-state index contributed by atoms with van der Waals surface area (Å²) in [5.41, 5.74) is 3.52. The summed E-state index contributed by atoms with van der Waals surface area (Å²) >= 11 is 0. The molecule has 21 heavy (non-hydrogen) atoms. The zero-order valence-electron chi connectivity index (χ0n) is 12.2. The van der Waals surface area contributed by atoms with Crippen LogP contribution in [-0.2, 0) is 0 Å². The molecule has 1 aliphatic heterocycles. The van der Waals surface area contributed by atoms with Gasteiger partial charge in [0.1, 0.15) is 0 Å². The summed E-state index contributed by atoms with van der Waals surface area (Å²) in [4.78, 5) is 18.9. The van der Waals surface area contributed by atoms with Gasteiger partial charge in [0.25, 0.3) is 5.91 Å². The minimum atomic E-state index is -0.113. The van der Waals surface area contributed by atoms with Gasteiger partial charge in [-0.25, -0.2) is 0 Å². The average Bonchev–Trinajstić information content (AvgIpc) is 3.04. The van der Waals surface area contributed by atoms with E-state index in [-0.39, 0.29) is 5.91 Å². The first-order valence-electron chi connectivity index (χ1n) is 7.31. The Morgan fingerprint density at radius 2 is 1.95 bits per heavy atom.